The van der Waals surface area contributed by atoms with Gasteiger partial charge in [-0.15, -0.1) is 11.3 Å². The van der Waals surface area contributed by atoms with Crippen LogP contribution in [-0.4, -0.2) is 24.2 Å². The summed E-state index contributed by atoms with van der Waals surface area (Å²) in [7, 11) is 1.60. The molecule has 4 nitrogen and oxygen atoms in total. The smallest absolute Gasteiger partial charge is 0.269 e. The minimum absolute atomic E-state index is 0.204. The number of hydrogen-bond donors (Lipinski definition) is 2. The highest BCUT2D eigenvalue weighted by atomic mass is 35.5. The van der Waals surface area contributed by atoms with Gasteiger partial charge in [-0.2, -0.15) is 0 Å². The van der Waals surface area contributed by atoms with Crippen molar-refractivity contribution in [3.8, 4) is 5.75 Å². The molecule has 1 atom stereocenters. The van der Waals surface area contributed by atoms with Crippen molar-refractivity contribution >= 4 is 56.3 Å². The molecule has 2 aromatic rings. The first-order valence-electron chi connectivity index (χ1n) is 6.84. The van der Waals surface area contributed by atoms with Crippen molar-refractivity contribution in [3.63, 3.8) is 0 Å². The van der Waals surface area contributed by atoms with Crippen molar-refractivity contribution in [2.24, 2.45) is 0 Å². The number of hydrogen-bond acceptors (Lipinski definition) is 4. The topological polar surface area (TPSA) is 50.4 Å². The van der Waals surface area contributed by atoms with Gasteiger partial charge in [0.2, 0.25) is 0 Å². The third-order valence-corrected chi connectivity index (χ3v) is 5.14. The molecule has 0 saturated heterocycles. The molecule has 2 rings (SSSR count). The lowest BCUT2D eigenvalue weighted by atomic mass is 10.2. The van der Waals surface area contributed by atoms with E-state index in [4.69, 9.17) is 28.6 Å². The third kappa shape index (κ3) is 3.69. The Bertz CT molecular complexity index is 715. The number of thiocarbonyl (C=S) groups is 1. The SMILES string of the molecule is CCC(C)NC(=S)NC(=O)c1sc2cc(OC)ccc2c1Cl. The van der Waals surface area contributed by atoms with Crippen molar-refractivity contribution < 1.29 is 9.53 Å². The van der Waals surface area contributed by atoms with E-state index in [1.165, 1.54) is 11.3 Å². The van der Waals surface area contributed by atoms with Gasteiger partial charge in [0.05, 0.1) is 12.1 Å². The van der Waals surface area contributed by atoms with Crippen LogP contribution in [0, 0.1) is 0 Å². The van der Waals surface area contributed by atoms with E-state index in [1.54, 1.807) is 7.11 Å². The number of carbonyl (C=O) groups is 1. The predicted octanol–water partition coefficient (Wildman–Crippen LogP) is 3.97. The molecular weight excluding hydrogens is 340 g/mol. The molecule has 0 spiro atoms. The van der Waals surface area contributed by atoms with Gasteiger partial charge in [-0.25, -0.2) is 0 Å². The second-order valence-corrected chi connectivity index (χ2v) is 6.68. The van der Waals surface area contributed by atoms with Gasteiger partial charge in [0.15, 0.2) is 5.11 Å². The van der Waals surface area contributed by atoms with Crippen LogP contribution in [-0.2, 0) is 0 Å². The zero-order valence-corrected chi connectivity index (χ0v) is 14.9. The first-order chi connectivity index (χ1) is 10.5. The summed E-state index contributed by atoms with van der Waals surface area (Å²) in [5, 5.41) is 7.29. The van der Waals surface area contributed by atoms with Crippen LogP contribution in [0.5, 0.6) is 5.75 Å². The quantitative estimate of drug-likeness (QED) is 0.814. The molecule has 0 bridgehead atoms. The monoisotopic (exact) mass is 356 g/mol. The normalized spacial score (nSPS) is 12.0. The van der Waals surface area contributed by atoms with Gasteiger partial charge in [-0.05, 0) is 43.8 Å². The first kappa shape index (κ1) is 17.0. The summed E-state index contributed by atoms with van der Waals surface area (Å²) >= 11 is 12.8. The summed E-state index contributed by atoms with van der Waals surface area (Å²) in [6.07, 6.45) is 0.916. The third-order valence-electron chi connectivity index (χ3n) is 3.26. The molecule has 0 aliphatic heterocycles. The minimum atomic E-state index is -0.300. The lowest BCUT2D eigenvalue weighted by Crippen LogP contribution is -2.42. The van der Waals surface area contributed by atoms with Gasteiger partial charge in [-0.3, -0.25) is 10.1 Å². The molecule has 1 heterocycles. The molecule has 1 amide bonds. The number of carbonyl (C=O) groups excluding carboxylic acids is 1. The Hall–Kier alpha value is -1.37. The number of ether oxygens (including phenoxy) is 1. The fraction of sp³-hybridized carbons (Fsp3) is 0.333. The Balaban J connectivity index is 2.21. The molecule has 118 valence electrons. The van der Waals surface area contributed by atoms with Crippen LogP contribution in [0.15, 0.2) is 18.2 Å². The zero-order valence-electron chi connectivity index (χ0n) is 12.5. The number of halogens is 1. The molecular formula is C15H17ClN2O2S2. The molecule has 0 saturated carbocycles. The molecule has 1 unspecified atom stereocenters. The van der Waals surface area contributed by atoms with Gasteiger partial charge < -0.3 is 10.1 Å². The van der Waals surface area contributed by atoms with Crippen LogP contribution in [0.1, 0.15) is 29.9 Å². The van der Waals surface area contributed by atoms with E-state index in [-0.39, 0.29) is 11.9 Å². The second kappa shape index (κ2) is 7.26. The Morgan fingerprint density at radius 3 is 2.86 bits per heavy atom. The second-order valence-electron chi connectivity index (χ2n) is 4.84. The molecule has 1 aromatic carbocycles. The van der Waals surface area contributed by atoms with Crippen LogP contribution >= 0.6 is 35.2 Å². The molecule has 0 fully saturated rings. The van der Waals surface area contributed by atoms with Crippen molar-refractivity contribution in [1.29, 1.82) is 0 Å². The Morgan fingerprint density at radius 2 is 2.23 bits per heavy atom. The molecule has 0 aliphatic rings. The van der Waals surface area contributed by atoms with Crippen molar-refractivity contribution in [2.75, 3.05) is 7.11 Å². The van der Waals surface area contributed by atoms with Gasteiger partial charge in [0, 0.05) is 16.1 Å². The van der Waals surface area contributed by atoms with Gasteiger partial charge in [0.1, 0.15) is 10.6 Å². The fourth-order valence-electron chi connectivity index (χ4n) is 1.84. The van der Waals surface area contributed by atoms with Crippen LogP contribution < -0.4 is 15.4 Å². The number of methoxy groups -OCH3 is 1. The summed E-state index contributed by atoms with van der Waals surface area (Å²) in [5.74, 6) is 0.428. The Morgan fingerprint density at radius 1 is 1.50 bits per heavy atom. The molecule has 0 aliphatic carbocycles. The molecule has 22 heavy (non-hydrogen) atoms. The van der Waals surface area contributed by atoms with E-state index in [1.807, 2.05) is 32.0 Å². The van der Waals surface area contributed by atoms with E-state index in [0.29, 0.717) is 15.0 Å². The highest BCUT2D eigenvalue weighted by Crippen LogP contribution is 2.37. The minimum Gasteiger partial charge on any atom is -0.497 e. The fourth-order valence-corrected chi connectivity index (χ4v) is 3.57. The maximum Gasteiger partial charge on any atom is 0.269 e. The lowest BCUT2D eigenvalue weighted by molar-refractivity contribution is 0.0980. The number of thiophene rings is 1. The molecule has 1 aromatic heterocycles. The van der Waals surface area contributed by atoms with E-state index in [9.17, 15) is 4.79 Å². The average molecular weight is 357 g/mol. The lowest BCUT2D eigenvalue weighted by Gasteiger charge is -2.14. The first-order valence-corrected chi connectivity index (χ1v) is 8.44. The maximum atomic E-state index is 12.3. The maximum absolute atomic E-state index is 12.3. The van der Waals surface area contributed by atoms with Crippen LogP contribution in [0.25, 0.3) is 10.1 Å². The summed E-state index contributed by atoms with van der Waals surface area (Å²) in [5.41, 5.74) is 0. The summed E-state index contributed by atoms with van der Waals surface area (Å²) in [6.45, 7) is 4.04. The summed E-state index contributed by atoms with van der Waals surface area (Å²) < 4.78 is 6.08. The number of rotatable bonds is 4. The standard InChI is InChI=1S/C15H17ClN2O2S2/c1-4-8(2)17-15(21)18-14(19)13-12(16)10-6-5-9(20-3)7-11(10)22-13/h5-8H,4H2,1-3H3,(H2,17,18,19,21). The highest BCUT2D eigenvalue weighted by Gasteiger charge is 2.18. The van der Waals surface area contributed by atoms with Crippen molar-refractivity contribution in [1.82, 2.24) is 10.6 Å². The van der Waals surface area contributed by atoms with Crippen molar-refractivity contribution in [2.45, 2.75) is 26.3 Å². The Kier molecular flexibility index (Phi) is 5.61. The zero-order chi connectivity index (χ0) is 16.3. The number of amides is 1. The predicted molar refractivity (Wildman–Crippen MR) is 96.3 cm³/mol. The van der Waals surface area contributed by atoms with E-state index in [2.05, 4.69) is 10.6 Å². The van der Waals surface area contributed by atoms with Crippen molar-refractivity contribution in [3.05, 3.63) is 28.1 Å². The van der Waals surface area contributed by atoms with Gasteiger partial charge in [-0.1, -0.05) is 18.5 Å². The Labute approximate surface area is 143 Å². The summed E-state index contributed by atoms with van der Waals surface area (Å²) in [4.78, 5) is 12.8. The van der Waals surface area contributed by atoms with E-state index in [0.717, 1.165) is 22.3 Å². The van der Waals surface area contributed by atoms with Crippen LogP contribution in [0.3, 0.4) is 0 Å². The number of fused-ring (bicyclic) bond motifs is 1. The van der Waals surface area contributed by atoms with E-state index >= 15 is 0 Å². The van der Waals surface area contributed by atoms with E-state index < -0.39 is 0 Å². The van der Waals surface area contributed by atoms with Crippen LogP contribution in [0.4, 0.5) is 0 Å². The summed E-state index contributed by atoms with van der Waals surface area (Å²) in [6, 6.07) is 5.73. The average Bonchev–Trinajstić information content (AvgIpc) is 2.83. The molecule has 0 radical (unpaired) electrons. The number of benzene rings is 1. The molecule has 7 heteroatoms. The van der Waals surface area contributed by atoms with Gasteiger partial charge in [0.25, 0.3) is 5.91 Å². The van der Waals surface area contributed by atoms with Crippen LogP contribution in [0.2, 0.25) is 5.02 Å². The number of nitrogens with one attached hydrogen (secondary N) is 2. The highest BCUT2D eigenvalue weighted by molar-refractivity contribution is 7.80. The largest absolute Gasteiger partial charge is 0.497 e. The molecule has 2 N–H and O–H groups in total. The van der Waals surface area contributed by atoms with Gasteiger partial charge >= 0.3 is 0 Å².